The number of fused-ring (bicyclic) bond motifs is 1. The van der Waals surface area contributed by atoms with Crippen molar-refractivity contribution in [1.82, 2.24) is 10.3 Å². The largest absolute Gasteiger partial charge is 0.311 e. The van der Waals surface area contributed by atoms with Gasteiger partial charge in [-0.25, -0.2) is 4.98 Å². The summed E-state index contributed by atoms with van der Waals surface area (Å²) >= 11 is 1.72. The summed E-state index contributed by atoms with van der Waals surface area (Å²) in [6.07, 6.45) is 0.825. The Labute approximate surface area is 127 Å². The Hall–Kier alpha value is -2.22. The Balaban J connectivity index is 1.89. The highest BCUT2D eigenvalue weighted by Gasteiger charge is 2.15. The third-order valence-electron chi connectivity index (χ3n) is 3.45. The maximum atomic E-state index is 8.99. The van der Waals surface area contributed by atoms with Crippen LogP contribution in [-0.4, -0.2) is 12.0 Å². The molecule has 0 spiro atoms. The van der Waals surface area contributed by atoms with Crippen molar-refractivity contribution >= 4 is 21.6 Å². The summed E-state index contributed by atoms with van der Waals surface area (Å²) in [5.74, 6) is 0. The predicted molar refractivity (Wildman–Crippen MR) is 86.3 cm³/mol. The molecule has 21 heavy (non-hydrogen) atoms. The van der Waals surface area contributed by atoms with Crippen LogP contribution in [0.1, 0.15) is 22.2 Å². The second-order valence-corrected chi connectivity index (χ2v) is 5.94. The highest BCUT2D eigenvalue weighted by Crippen LogP contribution is 2.28. The molecular formula is C17H15N3S. The minimum Gasteiger partial charge on any atom is -0.311 e. The van der Waals surface area contributed by atoms with Crippen LogP contribution in [0, 0.1) is 11.3 Å². The lowest BCUT2D eigenvalue weighted by Crippen LogP contribution is -2.18. The number of nitriles is 1. The number of para-hydroxylation sites is 1. The quantitative estimate of drug-likeness (QED) is 0.798. The number of aromatic nitrogens is 1. The summed E-state index contributed by atoms with van der Waals surface area (Å²) in [4.78, 5) is 4.71. The van der Waals surface area contributed by atoms with Crippen molar-refractivity contribution in [2.24, 2.45) is 0 Å². The van der Waals surface area contributed by atoms with E-state index in [2.05, 4.69) is 23.5 Å². The van der Waals surface area contributed by atoms with E-state index < -0.39 is 0 Å². The van der Waals surface area contributed by atoms with E-state index in [1.54, 1.807) is 11.3 Å². The highest BCUT2D eigenvalue weighted by molar-refractivity contribution is 7.18. The number of likely N-dealkylation sites (N-methyl/N-ethyl adjacent to an activating group) is 1. The monoisotopic (exact) mass is 293 g/mol. The molecule has 0 radical (unpaired) electrons. The summed E-state index contributed by atoms with van der Waals surface area (Å²) < 4.78 is 1.21. The molecular weight excluding hydrogens is 278 g/mol. The Morgan fingerprint density at radius 2 is 2.10 bits per heavy atom. The number of rotatable bonds is 4. The number of hydrogen-bond donors (Lipinski definition) is 1. The number of hydrogen-bond acceptors (Lipinski definition) is 4. The maximum Gasteiger partial charge on any atom is 0.111 e. The van der Waals surface area contributed by atoms with Gasteiger partial charge in [-0.2, -0.15) is 5.26 Å². The van der Waals surface area contributed by atoms with E-state index in [9.17, 15) is 0 Å². The molecule has 3 aromatic rings. The number of benzene rings is 2. The lowest BCUT2D eigenvalue weighted by molar-refractivity contribution is 0.589. The molecule has 3 nitrogen and oxygen atoms in total. The van der Waals surface area contributed by atoms with Crippen molar-refractivity contribution in [3.8, 4) is 6.07 Å². The van der Waals surface area contributed by atoms with Gasteiger partial charge in [-0.05, 0) is 43.3 Å². The van der Waals surface area contributed by atoms with Gasteiger partial charge in [-0.1, -0.05) is 24.3 Å². The van der Waals surface area contributed by atoms with Gasteiger partial charge in [0.25, 0.3) is 0 Å². The Morgan fingerprint density at radius 1 is 1.24 bits per heavy atom. The van der Waals surface area contributed by atoms with E-state index in [1.807, 2.05) is 43.4 Å². The van der Waals surface area contributed by atoms with Crippen LogP contribution in [0.2, 0.25) is 0 Å². The smallest absolute Gasteiger partial charge is 0.111 e. The fraction of sp³-hybridized carbons (Fsp3) is 0.176. The minimum absolute atomic E-state index is 0.163. The molecule has 0 bridgehead atoms. The molecule has 1 atom stereocenters. The first-order valence-electron chi connectivity index (χ1n) is 6.82. The molecule has 104 valence electrons. The van der Waals surface area contributed by atoms with Gasteiger partial charge in [0.05, 0.1) is 27.9 Å². The van der Waals surface area contributed by atoms with E-state index in [0.29, 0.717) is 5.56 Å². The molecule has 0 aliphatic carbocycles. The van der Waals surface area contributed by atoms with Gasteiger partial charge in [-0.15, -0.1) is 11.3 Å². The molecule has 3 rings (SSSR count). The van der Waals surface area contributed by atoms with Gasteiger partial charge >= 0.3 is 0 Å². The Bertz CT molecular complexity index is 768. The Kier molecular flexibility index (Phi) is 3.96. The van der Waals surface area contributed by atoms with Gasteiger partial charge < -0.3 is 5.32 Å². The fourth-order valence-corrected chi connectivity index (χ4v) is 3.43. The van der Waals surface area contributed by atoms with Crippen molar-refractivity contribution in [2.75, 3.05) is 7.05 Å². The minimum atomic E-state index is 0.163. The van der Waals surface area contributed by atoms with Crippen LogP contribution in [0.5, 0.6) is 0 Å². The molecule has 0 amide bonds. The lowest BCUT2D eigenvalue weighted by atomic mass is 10.0. The zero-order valence-electron chi connectivity index (χ0n) is 11.7. The summed E-state index contributed by atoms with van der Waals surface area (Å²) in [6, 6.07) is 18.3. The van der Waals surface area contributed by atoms with Crippen LogP contribution >= 0.6 is 11.3 Å². The summed E-state index contributed by atoms with van der Waals surface area (Å²) in [5.41, 5.74) is 2.89. The fourth-order valence-electron chi connectivity index (χ4n) is 2.36. The van der Waals surface area contributed by atoms with Crippen molar-refractivity contribution < 1.29 is 0 Å². The summed E-state index contributed by atoms with van der Waals surface area (Å²) in [5, 5.41) is 13.4. The second-order valence-electron chi connectivity index (χ2n) is 4.88. The highest BCUT2D eigenvalue weighted by atomic mass is 32.1. The van der Waals surface area contributed by atoms with E-state index in [1.165, 1.54) is 4.70 Å². The standard InChI is InChI=1S/C17H15N3S/c1-19-15(10-12-5-4-6-13(9-12)11-18)17-20-14-7-2-3-8-16(14)21-17/h2-9,15,19H,10H2,1H3. The van der Waals surface area contributed by atoms with Gasteiger partial charge in [-0.3, -0.25) is 0 Å². The Morgan fingerprint density at radius 3 is 2.86 bits per heavy atom. The van der Waals surface area contributed by atoms with Gasteiger partial charge in [0, 0.05) is 0 Å². The van der Waals surface area contributed by atoms with Crippen LogP contribution in [0.3, 0.4) is 0 Å². The third-order valence-corrected chi connectivity index (χ3v) is 4.60. The first-order valence-corrected chi connectivity index (χ1v) is 7.63. The van der Waals surface area contributed by atoms with Gasteiger partial charge in [0.1, 0.15) is 5.01 Å². The van der Waals surface area contributed by atoms with Gasteiger partial charge in [0.2, 0.25) is 0 Å². The zero-order chi connectivity index (χ0) is 14.7. The molecule has 0 aliphatic rings. The van der Waals surface area contributed by atoms with E-state index in [-0.39, 0.29) is 6.04 Å². The molecule has 1 N–H and O–H groups in total. The first-order chi connectivity index (χ1) is 10.3. The maximum absolute atomic E-state index is 8.99. The van der Waals surface area contributed by atoms with Crippen molar-refractivity contribution in [2.45, 2.75) is 12.5 Å². The topological polar surface area (TPSA) is 48.7 Å². The molecule has 1 unspecified atom stereocenters. The van der Waals surface area contributed by atoms with Crippen LogP contribution in [0.25, 0.3) is 10.2 Å². The molecule has 1 aromatic heterocycles. The van der Waals surface area contributed by atoms with Crippen LogP contribution in [-0.2, 0) is 6.42 Å². The first kappa shape index (κ1) is 13.7. The molecule has 0 saturated heterocycles. The average Bonchev–Trinajstić information content (AvgIpc) is 2.96. The van der Waals surface area contributed by atoms with Gasteiger partial charge in [0.15, 0.2) is 0 Å². The van der Waals surface area contributed by atoms with Crippen LogP contribution in [0.4, 0.5) is 0 Å². The van der Waals surface area contributed by atoms with E-state index >= 15 is 0 Å². The zero-order valence-corrected chi connectivity index (χ0v) is 12.5. The normalized spacial score (nSPS) is 12.2. The number of nitrogens with one attached hydrogen (secondary N) is 1. The molecule has 1 heterocycles. The van der Waals surface area contributed by atoms with Crippen LogP contribution in [0.15, 0.2) is 48.5 Å². The van der Waals surface area contributed by atoms with Crippen LogP contribution < -0.4 is 5.32 Å². The molecule has 0 saturated carbocycles. The average molecular weight is 293 g/mol. The molecule has 0 aliphatic heterocycles. The lowest BCUT2D eigenvalue weighted by Gasteiger charge is -2.13. The van der Waals surface area contributed by atoms with Crippen molar-refractivity contribution in [1.29, 1.82) is 5.26 Å². The van der Waals surface area contributed by atoms with E-state index in [0.717, 1.165) is 22.5 Å². The molecule has 4 heteroatoms. The van der Waals surface area contributed by atoms with Crippen molar-refractivity contribution in [3.63, 3.8) is 0 Å². The summed E-state index contributed by atoms with van der Waals surface area (Å²) in [6.45, 7) is 0. The second kappa shape index (κ2) is 6.04. The SMILES string of the molecule is CNC(Cc1cccc(C#N)c1)c1nc2ccccc2s1. The van der Waals surface area contributed by atoms with E-state index in [4.69, 9.17) is 10.2 Å². The summed E-state index contributed by atoms with van der Waals surface area (Å²) in [7, 11) is 1.95. The predicted octanol–water partition coefficient (Wildman–Crippen LogP) is 3.67. The number of thiazole rings is 1. The van der Waals surface area contributed by atoms with Crippen molar-refractivity contribution in [3.05, 3.63) is 64.7 Å². The molecule has 2 aromatic carbocycles. The third kappa shape index (κ3) is 2.94. The number of nitrogens with zero attached hydrogens (tertiary/aromatic N) is 2. The molecule has 0 fully saturated rings.